The number of benzene rings is 2. The van der Waals surface area contributed by atoms with E-state index in [4.69, 9.17) is 26.1 Å². The molecule has 3 heterocycles. The molecule has 144 valence electrons. The normalized spacial score (nSPS) is 20.9. The van der Waals surface area contributed by atoms with Crippen LogP contribution in [0.1, 0.15) is 18.4 Å². The summed E-state index contributed by atoms with van der Waals surface area (Å²) in [5.74, 6) is 0.644. The van der Waals surface area contributed by atoms with Crippen molar-refractivity contribution in [1.29, 1.82) is 0 Å². The lowest BCUT2D eigenvalue weighted by Gasteiger charge is -2.25. The van der Waals surface area contributed by atoms with Gasteiger partial charge in [-0.3, -0.25) is 9.69 Å². The van der Waals surface area contributed by atoms with Gasteiger partial charge in [0.2, 0.25) is 0 Å². The van der Waals surface area contributed by atoms with Gasteiger partial charge in [-0.1, -0.05) is 35.1 Å². The van der Waals surface area contributed by atoms with E-state index >= 15 is 0 Å². The van der Waals surface area contributed by atoms with E-state index in [1.807, 2.05) is 36.4 Å². The number of carbonyl (C=O) groups is 1. The lowest BCUT2D eigenvalue weighted by atomic mass is 10.1. The average Bonchev–Trinajstić information content (AvgIpc) is 3.43. The third-order valence-corrected chi connectivity index (χ3v) is 6.46. The first-order valence-electron chi connectivity index (χ1n) is 9.41. The summed E-state index contributed by atoms with van der Waals surface area (Å²) in [5, 5.41) is 1.34. The second-order valence-corrected chi connectivity index (χ2v) is 8.56. The van der Waals surface area contributed by atoms with Crippen molar-refractivity contribution < 1.29 is 14.3 Å². The quantitative estimate of drug-likeness (QED) is 0.632. The summed E-state index contributed by atoms with van der Waals surface area (Å²) in [6.45, 7) is 1.24. The number of hydrogen-bond donors (Lipinski definition) is 0. The van der Waals surface area contributed by atoms with Crippen molar-refractivity contribution in [3.05, 3.63) is 53.1 Å². The minimum atomic E-state index is -0.568. The van der Waals surface area contributed by atoms with Gasteiger partial charge in [0.25, 0.3) is 5.91 Å². The van der Waals surface area contributed by atoms with Gasteiger partial charge in [-0.15, -0.1) is 0 Å². The van der Waals surface area contributed by atoms with Gasteiger partial charge in [-0.05, 0) is 48.7 Å². The first-order chi connectivity index (χ1) is 13.7. The molecule has 28 heavy (non-hydrogen) atoms. The first kappa shape index (κ1) is 17.9. The third-order valence-electron chi connectivity index (χ3n) is 5.16. The fourth-order valence-corrected chi connectivity index (χ4v) is 4.93. The summed E-state index contributed by atoms with van der Waals surface area (Å²) in [6, 6.07) is 13.4. The molecular weight excluding hydrogens is 396 g/mol. The lowest BCUT2D eigenvalue weighted by molar-refractivity contribution is -0.125. The Labute approximate surface area is 171 Å². The average molecular weight is 415 g/mol. The second-order valence-electron chi connectivity index (χ2n) is 7.11. The highest BCUT2D eigenvalue weighted by atomic mass is 35.5. The molecule has 2 atom stereocenters. The van der Waals surface area contributed by atoms with Gasteiger partial charge in [-0.25, -0.2) is 4.98 Å². The van der Waals surface area contributed by atoms with Crippen LogP contribution in [-0.4, -0.2) is 36.3 Å². The number of thiazole rings is 1. The van der Waals surface area contributed by atoms with Crippen LogP contribution in [0.2, 0.25) is 5.02 Å². The SMILES string of the molecule is O=C(C1Cc2cc(Cl)ccc2O1)N(CC1CCCO1)c1nc2ccccc2s1. The fraction of sp³-hybridized carbons (Fsp3) is 0.333. The van der Waals surface area contributed by atoms with Gasteiger partial charge in [0, 0.05) is 18.1 Å². The van der Waals surface area contributed by atoms with Gasteiger partial charge < -0.3 is 9.47 Å². The number of nitrogens with zero attached hydrogens (tertiary/aromatic N) is 2. The van der Waals surface area contributed by atoms with Gasteiger partial charge >= 0.3 is 0 Å². The van der Waals surface area contributed by atoms with Crippen LogP contribution in [0.3, 0.4) is 0 Å². The highest BCUT2D eigenvalue weighted by molar-refractivity contribution is 7.22. The molecule has 3 aromatic rings. The topological polar surface area (TPSA) is 51.7 Å². The predicted molar refractivity (Wildman–Crippen MR) is 111 cm³/mol. The van der Waals surface area contributed by atoms with Crippen LogP contribution in [0.15, 0.2) is 42.5 Å². The summed E-state index contributed by atoms with van der Waals surface area (Å²) < 4.78 is 12.8. The van der Waals surface area contributed by atoms with Crippen molar-refractivity contribution in [1.82, 2.24) is 4.98 Å². The molecule has 0 bridgehead atoms. The van der Waals surface area contributed by atoms with Crippen LogP contribution in [0.5, 0.6) is 5.75 Å². The Balaban J connectivity index is 1.44. The Kier molecular flexibility index (Phi) is 4.70. The number of para-hydroxylation sites is 1. The molecule has 0 N–H and O–H groups in total. The van der Waals surface area contributed by atoms with E-state index < -0.39 is 6.10 Å². The minimum Gasteiger partial charge on any atom is -0.480 e. The number of rotatable bonds is 4. The van der Waals surface area contributed by atoms with Crippen molar-refractivity contribution in [2.24, 2.45) is 0 Å². The minimum absolute atomic E-state index is 0.0363. The lowest BCUT2D eigenvalue weighted by Crippen LogP contribution is -2.45. The van der Waals surface area contributed by atoms with Crippen molar-refractivity contribution >= 4 is 44.2 Å². The number of ether oxygens (including phenoxy) is 2. The third kappa shape index (κ3) is 3.36. The summed E-state index contributed by atoms with van der Waals surface area (Å²) in [7, 11) is 0. The Morgan fingerprint density at radius 3 is 3.00 bits per heavy atom. The van der Waals surface area contributed by atoms with Crippen LogP contribution >= 0.6 is 22.9 Å². The maximum absolute atomic E-state index is 13.4. The molecule has 1 amide bonds. The van der Waals surface area contributed by atoms with Crippen LogP contribution in [0.4, 0.5) is 5.13 Å². The van der Waals surface area contributed by atoms with Crippen LogP contribution in [-0.2, 0) is 16.0 Å². The molecule has 0 aliphatic carbocycles. The summed E-state index contributed by atoms with van der Waals surface area (Å²) >= 11 is 7.62. The number of halogens is 1. The molecule has 7 heteroatoms. The second kappa shape index (κ2) is 7.35. The monoisotopic (exact) mass is 414 g/mol. The molecule has 0 saturated carbocycles. The Morgan fingerprint density at radius 2 is 2.18 bits per heavy atom. The number of carbonyl (C=O) groups excluding carboxylic acids is 1. The molecule has 0 radical (unpaired) electrons. The molecule has 5 rings (SSSR count). The molecule has 2 unspecified atom stereocenters. The van der Waals surface area contributed by atoms with Crippen molar-refractivity contribution in [2.45, 2.75) is 31.5 Å². The van der Waals surface area contributed by atoms with E-state index in [1.165, 1.54) is 11.3 Å². The van der Waals surface area contributed by atoms with Crippen LogP contribution < -0.4 is 9.64 Å². The molecule has 2 aromatic carbocycles. The van der Waals surface area contributed by atoms with E-state index in [0.717, 1.165) is 41.0 Å². The zero-order valence-corrected chi connectivity index (χ0v) is 16.7. The van der Waals surface area contributed by atoms with E-state index in [-0.39, 0.29) is 12.0 Å². The Morgan fingerprint density at radius 1 is 1.29 bits per heavy atom. The maximum Gasteiger partial charge on any atom is 0.270 e. The zero-order chi connectivity index (χ0) is 19.1. The number of aromatic nitrogens is 1. The maximum atomic E-state index is 13.4. The predicted octanol–water partition coefficient (Wildman–Crippen LogP) is 4.47. The molecule has 5 nitrogen and oxygen atoms in total. The molecule has 2 aliphatic rings. The fourth-order valence-electron chi connectivity index (χ4n) is 3.76. The highest BCUT2D eigenvalue weighted by Crippen LogP contribution is 2.34. The van der Waals surface area contributed by atoms with Gasteiger partial charge in [-0.2, -0.15) is 0 Å². The van der Waals surface area contributed by atoms with E-state index in [1.54, 1.807) is 11.0 Å². The molecule has 2 aliphatic heterocycles. The Bertz CT molecular complexity index is 998. The van der Waals surface area contributed by atoms with E-state index in [9.17, 15) is 4.79 Å². The number of fused-ring (bicyclic) bond motifs is 2. The largest absolute Gasteiger partial charge is 0.480 e. The summed E-state index contributed by atoms with van der Waals surface area (Å²) in [5.41, 5.74) is 1.86. The summed E-state index contributed by atoms with van der Waals surface area (Å²) in [6.07, 6.45) is 1.96. The van der Waals surface area contributed by atoms with Crippen molar-refractivity contribution in [3.8, 4) is 5.75 Å². The highest BCUT2D eigenvalue weighted by Gasteiger charge is 2.36. The van der Waals surface area contributed by atoms with E-state index in [0.29, 0.717) is 23.1 Å². The first-order valence-corrected chi connectivity index (χ1v) is 10.6. The molecule has 1 saturated heterocycles. The van der Waals surface area contributed by atoms with E-state index in [2.05, 4.69) is 0 Å². The van der Waals surface area contributed by atoms with Crippen molar-refractivity contribution in [2.75, 3.05) is 18.1 Å². The summed E-state index contributed by atoms with van der Waals surface area (Å²) in [4.78, 5) is 19.9. The van der Waals surface area contributed by atoms with Gasteiger partial charge in [0.15, 0.2) is 11.2 Å². The molecule has 1 aromatic heterocycles. The number of anilines is 1. The van der Waals surface area contributed by atoms with Gasteiger partial charge in [0.05, 0.1) is 22.9 Å². The van der Waals surface area contributed by atoms with Crippen molar-refractivity contribution in [3.63, 3.8) is 0 Å². The van der Waals surface area contributed by atoms with Gasteiger partial charge in [0.1, 0.15) is 5.75 Å². The van der Waals surface area contributed by atoms with Crippen LogP contribution in [0, 0.1) is 0 Å². The smallest absolute Gasteiger partial charge is 0.270 e. The van der Waals surface area contributed by atoms with Crippen LogP contribution in [0.25, 0.3) is 10.2 Å². The number of hydrogen-bond acceptors (Lipinski definition) is 5. The molecule has 1 fully saturated rings. The Hall–Kier alpha value is -2.15. The molecular formula is C21H19ClN2O3S. The molecule has 0 spiro atoms. The zero-order valence-electron chi connectivity index (χ0n) is 15.1. The standard InChI is InChI=1S/C21H19ClN2O3S/c22-14-7-8-17-13(10-14)11-18(27-17)20(25)24(12-15-4-3-9-26-15)21-23-16-5-1-2-6-19(16)28-21/h1-2,5-8,10,15,18H,3-4,9,11-12H2. The number of amides is 1.